The van der Waals surface area contributed by atoms with Crippen LogP contribution in [0.1, 0.15) is 60.8 Å². The Morgan fingerprint density at radius 2 is 2.14 bits per heavy atom. The van der Waals surface area contributed by atoms with Crippen molar-refractivity contribution >= 4 is 0 Å². The first-order valence-corrected chi connectivity index (χ1v) is 8.12. The molecular formula is C16H21N5O. The van der Waals surface area contributed by atoms with Crippen LogP contribution in [0.15, 0.2) is 16.7 Å². The lowest BCUT2D eigenvalue weighted by molar-refractivity contribution is 0.181. The molecule has 1 aliphatic carbocycles. The van der Waals surface area contributed by atoms with Crippen molar-refractivity contribution in [3.05, 3.63) is 35.6 Å². The molecule has 1 aliphatic heterocycles. The quantitative estimate of drug-likeness (QED) is 0.863. The minimum atomic E-state index is 0.473. The Hall–Kier alpha value is -1.82. The van der Waals surface area contributed by atoms with Gasteiger partial charge in [-0.05, 0) is 45.2 Å². The molecule has 0 aromatic carbocycles. The monoisotopic (exact) mass is 299 g/mol. The van der Waals surface area contributed by atoms with E-state index in [0.717, 1.165) is 42.9 Å². The summed E-state index contributed by atoms with van der Waals surface area (Å²) in [6, 6.07) is 2.04. The van der Waals surface area contributed by atoms with Crippen molar-refractivity contribution in [1.29, 1.82) is 0 Å². The van der Waals surface area contributed by atoms with Crippen LogP contribution in [0.25, 0.3) is 0 Å². The third kappa shape index (κ3) is 3.02. The van der Waals surface area contributed by atoms with Gasteiger partial charge in [-0.2, -0.15) is 0 Å². The van der Waals surface area contributed by atoms with Gasteiger partial charge in [0.1, 0.15) is 5.82 Å². The molecule has 2 aromatic heterocycles. The van der Waals surface area contributed by atoms with E-state index >= 15 is 0 Å². The molecule has 6 nitrogen and oxygen atoms in total. The smallest absolute Gasteiger partial charge is 0.230 e. The van der Waals surface area contributed by atoms with Crippen LogP contribution in [0.3, 0.4) is 0 Å². The van der Waals surface area contributed by atoms with E-state index in [2.05, 4.69) is 25.1 Å². The highest BCUT2D eigenvalue weighted by molar-refractivity contribution is 5.10. The van der Waals surface area contributed by atoms with Crippen LogP contribution >= 0.6 is 0 Å². The highest BCUT2D eigenvalue weighted by atomic mass is 16.4. The Balaban J connectivity index is 1.41. The summed E-state index contributed by atoms with van der Waals surface area (Å²) in [6.45, 7) is 4.78. The SMILES string of the molecule is Cc1nccc(C2CCCN(Cc3nnc(C4CC4)o3)C2)n1. The van der Waals surface area contributed by atoms with Gasteiger partial charge in [-0.1, -0.05) is 0 Å². The van der Waals surface area contributed by atoms with Crippen LogP contribution in [0.4, 0.5) is 0 Å². The Morgan fingerprint density at radius 3 is 2.95 bits per heavy atom. The molecule has 22 heavy (non-hydrogen) atoms. The van der Waals surface area contributed by atoms with Gasteiger partial charge in [-0.15, -0.1) is 10.2 Å². The maximum Gasteiger partial charge on any atom is 0.230 e. The average molecular weight is 299 g/mol. The molecule has 6 heteroatoms. The summed E-state index contributed by atoms with van der Waals surface area (Å²) in [4.78, 5) is 11.2. The number of rotatable bonds is 4. The predicted molar refractivity (Wildman–Crippen MR) is 80.3 cm³/mol. The van der Waals surface area contributed by atoms with Crippen LogP contribution in [0, 0.1) is 6.92 Å². The highest BCUT2D eigenvalue weighted by Crippen LogP contribution is 2.39. The number of hydrogen-bond acceptors (Lipinski definition) is 6. The molecule has 3 heterocycles. The Bertz CT molecular complexity index is 651. The van der Waals surface area contributed by atoms with Gasteiger partial charge in [0.25, 0.3) is 0 Å². The van der Waals surface area contributed by atoms with E-state index in [1.807, 2.05) is 19.2 Å². The fourth-order valence-corrected chi connectivity index (χ4v) is 3.16. The average Bonchev–Trinajstić information content (AvgIpc) is 3.28. The summed E-state index contributed by atoms with van der Waals surface area (Å²) in [5.74, 6) is 3.43. The second-order valence-corrected chi connectivity index (χ2v) is 6.41. The van der Waals surface area contributed by atoms with Crippen LogP contribution in [0.5, 0.6) is 0 Å². The van der Waals surface area contributed by atoms with Crippen LogP contribution in [-0.2, 0) is 6.54 Å². The molecule has 1 saturated heterocycles. The van der Waals surface area contributed by atoms with Crippen molar-refractivity contribution < 1.29 is 4.42 Å². The lowest BCUT2D eigenvalue weighted by Crippen LogP contribution is -2.34. The Labute approximate surface area is 130 Å². The zero-order valence-electron chi connectivity index (χ0n) is 12.9. The number of hydrogen-bond donors (Lipinski definition) is 0. The zero-order valence-corrected chi connectivity index (χ0v) is 12.9. The van der Waals surface area contributed by atoms with Crippen molar-refractivity contribution in [2.45, 2.75) is 51.0 Å². The first kappa shape index (κ1) is 13.8. The van der Waals surface area contributed by atoms with Crippen molar-refractivity contribution in [3.63, 3.8) is 0 Å². The van der Waals surface area contributed by atoms with Gasteiger partial charge in [0, 0.05) is 30.3 Å². The van der Waals surface area contributed by atoms with E-state index in [9.17, 15) is 0 Å². The second-order valence-electron chi connectivity index (χ2n) is 6.41. The molecule has 4 rings (SSSR count). The van der Waals surface area contributed by atoms with E-state index in [-0.39, 0.29) is 0 Å². The summed E-state index contributed by atoms with van der Waals surface area (Å²) < 4.78 is 5.78. The number of aromatic nitrogens is 4. The van der Waals surface area contributed by atoms with E-state index in [0.29, 0.717) is 11.8 Å². The molecule has 1 atom stereocenters. The van der Waals surface area contributed by atoms with Crippen LogP contribution in [0.2, 0.25) is 0 Å². The molecule has 0 spiro atoms. The van der Waals surface area contributed by atoms with Crippen LogP contribution < -0.4 is 0 Å². The van der Waals surface area contributed by atoms with E-state index in [4.69, 9.17) is 4.42 Å². The lowest BCUT2D eigenvalue weighted by Gasteiger charge is -2.31. The first-order chi connectivity index (χ1) is 10.8. The van der Waals surface area contributed by atoms with Crippen molar-refractivity contribution in [1.82, 2.24) is 25.1 Å². The van der Waals surface area contributed by atoms with Crippen molar-refractivity contribution in [2.24, 2.45) is 0 Å². The van der Waals surface area contributed by atoms with Gasteiger partial charge in [0.2, 0.25) is 11.8 Å². The van der Waals surface area contributed by atoms with E-state index in [1.54, 1.807) is 0 Å². The Morgan fingerprint density at radius 1 is 1.23 bits per heavy atom. The van der Waals surface area contributed by atoms with Gasteiger partial charge in [0.05, 0.1) is 6.54 Å². The van der Waals surface area contributed by atoms with Gasteiger partial charge >= 0.3 is 0 Å². The molecule has 1 unspecified atom stereocenters. The summed E-state index contributed by atoms with van der Waals surface area (Å²) in [5, 5.41) is 8.37. The molecule has 1 saturated carbocycles. The number of nitrogens with zero attached hydrogens (tertiary/aromatic N) is 5. The highest BCUT2D eigenvalue weighted by Gasteiger charge is 2.30. The summed E-state index contributed by atoms with van der Waals surface area (Å²) in [5.41, 5.74) is 1.15. The third-order valence-electron chi connectivity index (χ3n) is 4.49. The standard InChI is InChI=1S/C16H21N5O/c1-11-17-7-6-14(18-11)13-3-2-8-21(9-13)10-15-19-20-16(22-15)12-4-5-12/h6-7,12-13H,2-5,8-10H2,1H3. The van der Waals surface area contributed by atoms with Gasteiger partial charge in [-0.3, -0.25) is 4.90 Å². The van der Waals surface area contributed by atoms with Crippen LogP contribution in [-0.4, -0.2) is 38.2 Å². The summed E-state index contributed by atoms with van der Waals surface area (Å²) in [7, 11) is 0. The fraction of sp³-hybridized carbons (Fsp3) is 0.625. The third-order valence-corrected chi connectivity index (χ3v) is 4.49. The molecule has 0 amide bonds. The van der Waals surface area contributed by atoms with E-state index < -0.39 is 0 Å². The Kier molecular flexibility index (Phi) is 3.62. The van der Waals surface area contributed by atoms with Crippen molar-refractivity contribution in [2.75, 3.05) is 13.1 Å². The minimum Gasteiger partial charge on any atom is -0.424 e. The predicted octanol–water partition coefficient (Wildman–Crippen LogP) is 2.43. The van der Waals surface area contributed by atoms with Gasteiger partial charge in [0.15, 0.2) is 0 Å². The molecule has 116 valence electrons. The number of aryl methyl sites for hydroxylation is 1. The van der Waals surface area contributed by atoms with Gasteiger partial charge in [-0.25, -0.2) is 9.97 Å². The fourth-order valence-electron chi connectivity index (χ4n) is 3.16. The normalized spacial score (nSPS) is 22.9. The largest absolute Gasteiger partial charge is 0.424 e. The molecule has 2 aromatic rings. The zero-order chi connectivity index (χ0) is 14.9. The van der Waals surface area contributed by atoms with Crippen molar-refractivity contribution in [3.8, 4) is 0 Å². The number of piperidine rings is 1. The topological polar surface area (TPSA) is 67.9 Å². The summed E-state index contributed by atoms with van der Waals surface area (Å²) in [6.07, 6.45) is 6.61. The first-order valence-electron chi connectivity index (χ1n) is 8.12. The molecular weight excluding hydrogens is 278 g/mol. The maximum absolute atomic E-state index is 5.78. The second kappa shape index (κ2) is 5.76. The molecule has 2 fully saturated rings. The van der Waals surface area contributed by atoms with Gasteiger partial charge < -0.3 is 4.42 Å². The molecule has 0 N–H and O–H groups in total. The minimum absolute atomic E-state index is 0.473. The molecule has 0 radical (unpaired) electrons. The molecule has 0 bridgehead atoms. The number of likely N-dealkylation sites (tertiary alicyclic amines) is 1. The summed E-state index contributed by atoms with van der Waals surface area (Å²) >= 11 is 0. The maximum atomic E-state index is 5.78. The molecule has 2 aliphatic rings. The van der Waals surface area contributed by atoms with E-state index in [1.165, 1.54) is 25.7 Å². The lowest BCUT2D eigenvalue weighted by atomic mass is 9.94.